The summed E-state index contributed by atoms with van der Waals surface area (Å²) in [6.07, 6.45) is 3.11. The lowest BCUT2D eigenvalue weighted by atomic mass is 10.0. The molecule has 2 heterocycles. The van der Waals surface area contributed by atoms with Gasteiger partial charge in [0.1, 0.15) is 0 Å². The van der Waals surface area contributed by atoms with Crippen LogP contribution < -0.4 is 4.90 Å². The average molecular weight is 276 g/mol. The summed E-state index contributed by atoms with van der Waals surface area (Å²) in [6.45, 7) is 0.935. The zero-order chi connectivity index (χ0) is 14.1. The molecule has 3 rings (SSSR count). The van der Waals surface area contributed by atoms with Gasteiger partial charge in [0.05, 0.1) is 28.6 Å². The zero-order valence-corrected chi connectivity index (χ0v) is 11.0. The van der Waals surface area contributed by atoms with Gasteiger partial charge in [-0.2, -0.15) is 0 Å². The maximum Gasteiger partial charge on any atom is 0.271 e. The van der Waals surface area contributed by atoms with Gasteiger partial charge in [-0.3, -0.25) is 10.1 Å². The highest BCUT2D eigenvalue weighted by molar-refractivity contribution is 5.80. The molecule has 1 atom stereocenters. The first-order valence-corrected chi connectivity index (χ1v) is 6.70. The largest absolute Gasteiger partial charge is 0.394 e. The Labute approximate surface area is 115 Å². The molecule has 1 fully saturated rings. The molecule has 0 aliphatic carbocycles. The van der Waals surface area contributed by atoms with Gasteiger partial charge in [-0.15, -0.1) is 0 Å². The summed E-state index contributed by atoms with van der Waals surface area (Å²) < 4.78 is 0. The lowest BCUT2D eigenvalue weighted by Crippen LogP contribution is -2.42. The highest BCUT2D eigenvalue weighted by atomic mass is 16.6. The fourth-order valence-electron chi connectivity index (χ4n) is 2.70. The molecule has 7 heteroatoms. The van der Waals surface area contributed by atoms with Crippen molar-refractivity contribution in [1.29, 1.82) is 0 Å². The number of nitro benzene ring substituents is 1. The van der Waals surface area contributed by atoms with Crippen molar-refractivity contribution >= 4 is 22.7 Å². The number of fused-ring (bicyclic) bond motifs is 1. The minimum absolute atomic E-state index is 0.0463. The number of piperidine rings is 1. The SMILES string of the molecule is O=[N+]([O-])c1ccc2nc(N3CCCC[C@@H]3CO)[nH]c2c1. The molecule has 0 spiro atoms. The van der Waals surface area contributed by atoms with Gasteiger partial charge in [0.15, 0.2) is 0 Å². The van der Waals surface area contributed by atoms with Crippen LogP contribution in [-0.4, -0.2) is 39.2 Å². The van der Waals surface area contributed by atoms with Gasteiger partial charge >= 0.3 is 0 Å². The number of nitrogens with zero attached hydrogens (tertiary/aromatic N) is 3. The zero-order valence-electron chi connectivity index (χ0n) is 11.0. The summed E-state index contributed by atoms with van der Waals surface area (Å²) in [5, 5.41) is 20.2. The third kappa shape index (κ3) is 2.20. The average Bonchev–Trinajstić information content (AvgIpc) is 2.89. The fourth-order valence-corrected chi connectivity index (χ4v) is 2.70. The van der Waals surface area contributed by atoms with E-state index >= 15 is 0 Å². The van der Waals surface area contributed by atoms with E-state index in [9.17, 15) is 15.2 Å². The Morgan fingerprint density at radius 3 is 3.10 bits per heavy atom. The number of hydrogen-bond donors (Lipinski definition) is 2. The highest BCUT2D eigenvalue weighted by Crippen LogP contribution is 2.26. The van der Waals surface area contributed by atoms with Crippen LogP contribution in [-0.2, 0) is 0 Å². The van der Waals surface area contributed by atoms with Crippen LogP contribution in [0.3, 0.4) is 0 Å². The number of aromatic nitrogens is 2. The number of non-ortho nitro benzene ring substituents is 1. The molecule has 1 saturated heterocycles. The number of aliphatic hydroxyl groups is 1. The van der Waals surface area contributed by atoms with Gasteiger partial charge < -0.3 is 15.0 Å². The molecular weight excluding hydrogens is 260 g/mol. The Kier molecular flexibility index (Phi) is 3.27. The topological polar surface area (TPSA) is 95.3 Å². The van der Waals surface area contributed by atoms with Crippen LogP contribution in [0.5, 0.6) is 0 Å². The molecular formula is C13H16N4O3. The van der Waals surface area contributed by atoms with E-state index in [1.54, 1.807) is 6.07 Å². The molecule has 1 aliphatic heterocycles. The smallest absolute Gasteiger partial charge is 0.271 e. The van der Waals surface area contributed by atoms with Gasteiger partial charge in [0, 0.05) is 18.7 Å². The molecule has 7 nitrogen and oxygen atoms in total. The maximum atomic E-state index is 10.8. The third-order valence-corrected chi connectivity index (χ3v) is 3.77. The van der Waals surface area contributed by atoms with Crippen LogP contribution in [0.2, 0.25) is 0 Å². The van der Waals surface area contributed by atoms with E-state index in [1.807, 2.05) is 0 Å². The standard InChI is InChI=1S/C13H16N4O3/c18-8-10-3-1-2-6-16(10)13-14-11-5-4-9(17(19)20)7-12(11)15-13/h4-5,7,10,18H,1-3,6,8H2,(H,14,15)/t10-/m1/s1. The molecule has 0 bridgehead atoms. The van der Waals surface area contributed by atoms with E-state index in [4.69, 9.17) is 0 Å². The molecule has 2 aromatic rings. The van der Waals surface area contributed by atoms with Crippen LogP contribution in [0.25, 0.3) is 11.0 Å². The predicted molar refractivity (Wildman–Crippen MR) is 74.8 cm³/mol. The molecule has 0 radical (unpaired) electrons. The van der Waals surface area contributed by atoms with Crippen LogP contribution in [0.4, 0.5) is 11.6 Å². The molecule has 1 aromatic heterocycles. The van der Waals surface area contributed by atoms with Crippen molar-refractivity contribution in [2.45, 2.75) is 25.3 Å². The summed E-state index contributed by atoms with van der Waals surface area (Å²) in [6, 6.07) is 4.65. The van der Waals surface area contributed by atoms with Gasteiger partial charge in [0.2, 0.25) is 5.95 Å². The molecule has 0 saturated carbocycles. The Morgan fingerprint density at radius 1 is 1.50 bits per heavy atom. The Hall–Kier alpha value is -2.15. The second-order valence-electron chi connectivity index (χ2n) is 5.04. The predicted octanol–water partition coefficient (Wildman–Crippen LogP) is 1.82. The fraction of sp³-hybridized carbons (Fsp3) is 0.462. The van der Waals surface area contributed by atoms with Crippen molar-refractivity contribution in [2.24, 2.45) is 0 Å². The van der Waals surface area contributed by atoms with Gasteiger partial charge in [-0.1, -0.05) is 0 Å². The molecule has 1 aromatic carbocycles. The molecule has 0 unspecified atom stereocenters. The first-order valence-electron chi connectivity index (χ1n) is 6.70. The van der Waals surface area contributed by atoms with E-state index < -0.39 is 4.92 Å². The van der Waals surface area contributed by atoms with E-state index in [0.29, 0.717) is 17.0 Å². The van der Waals surface area contributed by atoms with Crippen LogP contribution in [0.15, 0.2) is 18.2 Å². The minimum Gasteiger partial charge on any atom is -0.394 e. The first kappa shape index (κ1) is 12.9. The number of benzene rings is 1. The summed E-state index contributed by atoms with van der Waals surface area (Å²) >= 11 is 0. The summed E-state index contributed by atoms with van der Waals surface area (Å²) in [5.41, 5.74) is 1.40. The lowest BCUT2D eigenvalue weighted by Gasteiger charge is -2.34. The summed E-state index contributed by atoms with van der Waals surface area (Å²) in [7, 11) is 0. The first-order chi connectivity index (χ1) is 9.69. The normalized spacial score (nSPS) is 19.4. The van der Waals surface area contributed by atoms with Crippen LogP contribution in [0, 0.1) is 10.1 Å². The van der Waals surface area contributed by atoms with Gasteiger partial charge in [0.25, 0.3) is 5.69 Å². The minimum atomic E-state index is -0.419. The van der Waals surface area contributed by atoms with Crippen LogP contribution >= 0.6 is 0 Å². The van der Waals surface area contributed by atoms with Crippen molar-refractivity contribution in [3.05, 3.63) is 28.3 Å². The van der Waals surface area contributed by atoms with Gasteiger partial charge in [-0.25, -0.2) is 4.98 Å². The Balaban J connectivity index is 1.97. The summed E-state index contributed by atoms with van der Waals surface area (Å²) in [5.74, 6) is 0.680. The molecule has 1 aliphatic rings. The van der Waals surface area contributed by atoms with Crippen molar-refractivity contribution in [3.8, 4) is 0 Å². The van der Waals surface area contributed by atoms with Crippen molar-refractivity contribution < 1.29 is 10.0 Å². The number of anilines is 1. The lowest BCUT2D eigenvalue weighted by molar-refractivity contribution is -0.384. The van der Waals surface area contributed by atoms with E-state index in [-0.39, 0.29) is 18.3 Å². The Morgan fingerprint density at radius 2 is 2.35 bits per heavy atom. The van der Waals surface area contributed by atoms with Crippen LogP contribution in [0.1, 0.15) is 19.3 Å². The van der Waals surface area contributed by atoms with Crippen molar-refractivity contribution in [1.82, 2.24) is 9.97 Å². The monoisotopic (exact) mass is 276 g/mol. The quantitative estimate of drug-likeness (QED) is 0.658. The molecule has 0 amide bonds. The molecule has 20 heavy (non-hydrogen) atoms. The van der Waals surface area contributed by atoms with E-state index in [0.717, 1.165) is 25.8 Å². The molecule has 106 valence electrons. The second-order valence-corrected chi connectivity index (χ2v) is 5.04. The number of aromatic amines is 1. The van der Waals surface area contributed by atoms with Crippen molar-refractivity contribution in [2.75, 3.05) is 18.1 Å². The molecule has 2 N–H and O–H groups in total. The highest BCUT2D eigenvalue weighted by Gasteiger charge is 2.24. The third-order valence-electron chi connectivity index (χ3n) is 3.77. The van der Waals surface area contributed by atoms with Crippen molar-refractivity contribution in [3.63, 3.8) is 0 Å². The second kappa shape index (κ2) is 5.09. The number of nitrogens with one attached hydrogen (secondary N) is 1. The number of H-pyrrole nitrogens is 1. The van der Waals surface area contributed by atoms with E-state index in [1.165, 1.54) is 12.1 Å². The number of rotatable bonds is 3. The Bertz CT molecular complexity index is 640. The number of aliphatic hydroxyl groups excluding tert-OH is 1. The number of imidazole rings is 1. The number of nitro groups is 1. The van der Waals surface area contributed by atoms with Gasteiger partial charge in [-0.05, 0) is 25.3 Å². The summed E-state index contributed by atoms with van der Waals surface area (Å²) in [4.78, 5) is 20.0. The van der Waals surface area contributed by atoms with E-state index in [2.05, 4.69) is 14.9 Å². The maximum absolute atomic E-state index is 10.8. The number of hydrogen-bond acceptors (Lipinski definition) is 5.